The highest BCUT2D eigenvalue weighted by Gasteiger charge is 2.09. The van der Waals surface area contributed by atoms with Crippen LogP contribution in [0.15, 0.2) is 40.9 Å². The molecule has 0 heterocycles. The van der Waals surface area contributed by atoms with Gasteiger partial charge in [-0.3, -0.25) is 0 Å². The average molecular weight is 368 g/mol. The fraction of sp³-hybridized carbons (Fsp3) is 0.294. The first-order valence-electron chi connectivity index (χ1n) is 6.99. The van der Waals surface area contributed by atoms with Gasteiger partial charge in [0.25, 0.3) is 0 Å². The van der Waals surface area contributed by atoms with Crippen LogP contribution < -0.4 is 14.8 Å². The van der Waals surface area contributed by atoms with Crippen LogP contribution in [0.5, 0.6) is 11.5 Å². The quantitative estimate of drug-likeness (QED) is 0.751. The molecule has 0 aliphatic carbocycles. The lowest BCUT2D eigenvalue weighted by Crippen LogP contribution is -2.17. The van der Waals surface area contributed by atoms with E-state index in [2.05, 4.69) is 21.2 Å². The standard InChI is InChI=1S/C17H19BrFNO2/c1-21-16-10-17(22-2)15(18)9-13(16)11-20-8-7-12-3-5-14(19)6-4-12/h3-6,9-10,20H,7-8,11H2,1-2H3. The molecule has 0 aliphatic rings. The molecule has 118 valence electrons. The zero-order valence-corrected chi connectivity index (χ0v) is 14.2. The minimum Gasteiger partial charge on any atom is -0.496 e. The number of halogens is 2. The van der Waals surface area contributed by atoms with E-state index in [0.717, 1.165) is 40.1 Å². The molecule has 0 amide bonds. The van der Waals surface area contributed by atoms with Crippen LogP contribution in [-0.2, 0) is 13.0 Å². The Kier molecular flexibility index (Phi) is 6.21. The fourth-order valence-corrected chi connectivity index (χ4v) is 2.72. The van der Waals surface area contributed by atoms with Crippen LogP contribution in [0.3, 0.4) is 0 Å². The molecule has 0 saturated heterocycles. The summed E-state index contributed by atoms with van der Waals surface area (Å²) in [6.45, 7) is 1.49. The second-order valence-corrected chi connectivity index (χ2v) is 5.71. The van der Waals surface area contributed by atoms with E-state index in [4.69, 9.17) is 9.47 Å². The number of hydrogen-bond donors (Lipinski definition) is 1. The summed E-state index contributed by atoms with van der Waals surface area (Å²) >= 11 is 3.48. The first-order valence-corrected chi connectivity index (χ1v) is 7.79. The molecule has 1 N–H and O–H groups in total. The molecule has 2 aromatic rings. The number of ether oxygens (including phenoxy) is 2. The summed E-state index contributed by atoms with van der Waals surface area (Å²) in [5.74, 6) is 1.32. The van der Waals surface area contributed by atoms with Gasteiger partial charge in [0.2, 0.25) is 0 Å². The maximum absolute atomic E-state index is 12.8. The molecule has 0 radical (unpaired) electrons. The monoisotopic (exact) mass is 367 g/mol. The van der Waals surface area contributed by atoms with Gasteiger partial charge in [0.15, 0.2) is 0 Å². The second-order valence-electron chi connectivity index (χ2n) is 4.85. The number of rotatable bonds is 7. The number of methoxy groups -OCH3 is 2. The molecule has 3 nitrogen and oxygen atoms in total. The van der Waals surface area contributed by atoms with Gasteiger partial charge in [-0.15, -0.1) is 0 Å². The maximum atomic E-state index is 12.8. The molecule has 2 aromatic carbocycles. The minimum absolute atomic E-state index is 0.204. The lowest BCUT2D eigenvalue weighted by atomic mass is 10.1. The Labute approximate surface area is 138 Å². The summed E-state index contributed by atoms with van der Waals surface area (Å²) < 4.78 is 24.4. The Morgan fingerprint density at radius 1 is 1.05 bits per heavy atom. The minimum atomic E-state index is -0.204. The average Bonchev–Trinajstić information content (AvgIpc) is 2.53. The zero-order valence-electron chi connectivity index (χ0n) is 12.7. The van der Waals surface area contributed by atoms with E-state index in [0.29, 0.717) is 6.54 Å². The molecule has 2 rings (SSSR count). The largest absolute Gasteiger partial charge is 0.496 e. The highest BCUT2D eigenvalue weighted by Crippen LogP contribution is 2.32. The van der Waals surface area contributed by atoms with E-state index in [-0.39, 0.29) is 5.82 Å². The molecule has 22 heavy (non-hydrogen) atoms. The molecule has 0 saturated carbocycles. The summed E-state index contributed by atoms with van der Waals surface area (Å²) in [5.41, 5.74) is 2.16. The van der Waals surface area contributed by atoms with E-state index in [9.17, 15) is 4.39 Å². The Bertz CT molecular complexity index is 617. The van der Waals surface area contributed by atoms with Gasteiger partial charge in [-0.05, 0) is 52.7 Å². The second kappa shape index (κ2) is 8.15. The van der Waals surface area contributed by atoms with Crippen molar-refractivity contribution in [1.82, 2.24) is 5.32 Å². The van der Waals surface area contributed by atoms with Crippen LogP contribution in [0.4, 0.5) is 4.39 Å². The van der Waals surface area contributed by atoms with Gasteiger partial charge in [-0.1, -0.05) is 12.1 Å². The van der Waals surface area contributed by atoms with Crippen molar-refractivity contribution in [1.29, 1.82) is 0 Å². The molecule has 0 atom stereocenters. The lowest BCUT2D eigenvalue weighted by molar-refractivity contribution is 0.388. The molecule has 0 aliphatic heterocycles. The van der Waals surface area contributed by atoms with Crippen molar-refractivity contribution < 1.29 is 13.9 Å². The molecule has 0 spiro atoms. The first kappa shape index (κ1) is 16.8. The van der Waals surface area contributed by atoms with Crippen molar-refractivity contribution in [3.63, 3.8) is 0 Å². The van der Waals surface area contributed by atoms with Crippen molar-refractivity contribution >= 4 is 15.9 Å². The highest BCUT2D eigenvalue weighted by molar-refractivity contribution is 9.10. The summed E-state index contributed by atoms with van der Waals surface area (Å²) in [4.78, 5) is 0. The van der Waals surface area contributed by atoms with Crippen molar-refractivity contribution in [3.05, 3.63) is 57.8 Å². The lowest BCUT2D eigenvalue weighted by Gasteiger charge is -2.13. The van der Waals surface area contributed by atoms with Crippen LogP contribution >= 0.6 is 15.9 Å². The normalized spacial score (nSPS) is 10.5. The Hall–Kier alpha value is -1.59. The van der Waals surface area contributed by atoms with Crippen LogP contribution in [0, 0.1) is 5.82 Å². The Balaban J connectivity index is 1.91. The van der Waals surface area contributed by atoms with Crippen molar-refractivity contribution in [3.8, 4) is 11.5 Å². The molecular formula is C17H19BrFNO2. The van der Waals surface area contributed by atoms with Gasteiger partial charge in [0.1, 0.15) is 17.3 Å². The molecule has 5 heteroatoms. The topological polar surface area (TPSA) is 30.5 Å². The Morgan fingerprint density at radius 3 is 2.36 bits per heavy atom. The van der Waals surface area contributed by atoms with Crippen molar-refractivity contribution in [2.75, 3.05) is 20.8 Å². The predicted molar refractivity (Wildman–Crippen MR) is 89.1 cm³/mol. The molecular weight excluding hydrogens is 349 g/mol. The third-order valence-corrected chi connectivity index (χ3v) is 3.99. The summed E-state index contributed by atoms with van der Waals surface area (Å²) in [6, 6.07) is 10.4. The van der Waals surface area contributed by atoms with E-state index in [1.165, 1.54) is 12.1 Å². The van der Waals surface area contributed by atoms with Gasteiger partial charge in [0, 0.05) is 18.2 Å². The molecule has 0 aromatic heterocycles. The Morgan fingerprint density at radius 2 is 1.73 bits per heavy atom. The highest BCUT2D eigenvalue weighted by atomic mass is 79.9. The van der Waals surface area contributed by atoms with Gasteiger partial charge in [-0.25, -0.2) is 4.39 Å². The summed E-state index contributed by atoms with van der Waals surface area (Å²) in [5, 5.41) is 3.37. The van der Waals surface area contributed by atoms with Crippen LogP contribution in [-0.4, -0.2) is 20.8 Å². The number of benzene rings is 2. The van der Waals surface area contributed by atoms with E-state index >= 15 is 0 Å². The van der Waals surface area contributed by atoms with Crippen LogP contribution in [0.1, 0.15) is 11.1 Å². The smallest absolute Gasteiger partial charge is 0.136 e. The van der Waals surface area contributed by atoms with Crippen LogP contribution in [0.2, 0.25) is 0 Å². The number of hydrogen-bond acceptors (Lipinski definition) is 3. The van der Waals surface area contributed by atoms with Gasteiger partial charge in [0.05, 0.1) is 18.7 Å². The van der Waals surface area contributed by atoms with E-state index in [1.807, 2.05) is 24.3 Å². The van der Waals surface area contributed by atoms with Gasteiger partial charge < -0.3 is 14.8 Å². The summed E-state index contributed by atoms with van der Waals surface area (Å²) in [6.07, 6.45) is 0.847. The molecule has 0 fully saturated rings. The third kappa shape index (κ3) is 4.45. The SMILES string of the molecule is COc1cc(OC)c(CNCCc2ccc(F)cc2)cc1Br. The van der Waals surface area contributed by atoms with Crippen LogP contribution in [0.25, 0.3) is 0 Å². The van der Waals surface area contributed by atoms with Crippen molar-refractivity contribution in [2.45, 2.75) is 13.0 Å². The summed E-state index contributed by atoms with van der Waals surface area (Å²) in [7, 11) is 3.27. The van der Waals surface area contributed by atoms with E-state index < -0.39 is 0 Å². The predicted octanol–water partition coefficient (Wildman–Crippen LogP) is 3.94. The first-order chi connectivity index (χ1) is 10.6. The molecule has 0 unspecified atom stereocenters. The maximum Gasteiger partial charge on any atom is 0.136 e. The van der Waals surface area contributed by atoms with Gasteiger partial charge in [-0.2, -0.15) is 0 Å². The van der Waals surface area contributed by atoms with Crippen molar-refractivity contribution in [2.24, 2.45) is 0 Å². The molecule has 0 bridgehead atoms. The zero-order chi connectivity index (χ0) is 15.9. The number of nitrogens with one attached hydrogen (secondary N) is 1. The van der Waals surface area contributed by atoms with E-state index in [1.54, 1.807) is 14.2 Å². The fourth-order valence-electron chi connectivity index (χ4n) is 2.17. The third-order valence-electron chi connectivity index (χ3n) is 3.37. The van der Waals surface area contributed by atoms with Gasteiger partial charge >= 0.3 is 0 Å².